The third kappa shape index (κ3) is 4.12. The standard InChI is InChI=1S/C23H25F3N2O2/c1-29-21-11-15-9-10-28(14-23(24,25)26)20(18(15)12-22(21)30-2)8-7-16-13-27-19-6-4-3-5-17(16)19/h3-6,11-13,20,27H,7-10,14H2,1-2H3. The number of aromatic nitrogens is 1. The van der Waals surface area contributed by atoms with Gasteiger partial charge in [-0.15, -0.1) is 0 Å². The van der Waals surface area contributed by atoms with Crippen molar-refractivity contribution in [1.29, 1.82) is 0 Å². The molecule has 4 nitrogen and oxygen atoms in total. The second kappa shape index (κ2) is 8.22. The molecule has 2 heterocycles. The summed E-state index contributed by atoms with van der Waals surface area (Å²) in [6.45, 7) is -0.556. The summed E-state index contributed by atoms with van der Waals surface area (Å²) in [6, 6.07) is 11.4. The number of H-pyrrole nitrogens is 1. The maximum Gasteiger partial charge on any atom is 0.401 e. The van der Waals surface area contributed by atoms with Crippen molar-refractivity contribution >= 4 is 10.9 Å². The Labute approximate surface area is 173 Å². The number of rotatable bonds is 6. The van der Waals surface area contributed by atoms with Crippen LogP contribution in [0.5, 0.6) is 11.5 Å². The zero-order chi connectivity index (χ0) is 21.3. The van der Waals surface area contributed by atoms with Gasteiger partial charge in [0.05, 0.1) is 20.8 Å². The quantitative estimate of drug-likeness (QED) is 0.592. The third-order valence-electron chi connectivity index (χ3n) is 5.86. The molecule has 0 fully saturated rings. The maximum atomic E-state index is 13.3. The van der Waals surface area contributed by atoms with Gasteiger partial charge in [0.25, 0.3) is 0 Å². The fourth-order valence-corrected chi connectivity index (χ4v) is 4.47. The Kier molecular flexibility index (Phi) is 5.64. The van der Waals surface area contributed by atoms with Gasteiger partial charge in [-0.3, -0.25) is 4.90 Å². The molecule has 0 radical (unpaired) electrons. The second-order valence-corrected chi connectivity index (χ2v) is 7.66. The highest BCUT2D eigenvalue weighted by Gasteiger charge is 2.37. The number of benzene rings is 2. The van der Waals surface area contributed by atoms with E-state index in [0.29, 0.717) is 37.3 Å². The average molecular weight is 418 g/mol. The predicted octanol–water partition coefficient (Wildman–Crippen LogP) is 5.28. The smallest absolute Gasteiger partial charge is 0.401 e. The first-order valence-corrected chi connectivity index (χ1v) is 10.00. The number of alkyl halides is 3. The highest BCUT2D eigenvalue weighted by atomic mass is 19.4. The van der Waals surface area contributed by atoms with Crippen LogP contribution in [-0.4, -0.2) is 43.4 Å². The first kappa shape index (κ1) is 20.6. The van der Waals surface area contributed by atoms with Crippen molar-refractivity contribution in [3.8, 4) is 11.5 Å². The number of para-hydroxylation sites is 1. The van der Waals surface area contributed by atoms with Gasteiger partial charge in [-0.2, -0.15) is 13.2 Å². The summed E-state index contributed by atoms with van der Waals surface area (Å²) in [7, 11) is 3.11. The average Bonchev–Trinajstić information content (AvgIpc) is 3.14. The van der Waals surface area contributed by atoms with Gasteiger partial charge in [0.1, 0.15) is 0 Å². The molecule has 1 unspecified atom stereocenters. The Bertz CT molecular complexity index is 1030. The van der Waals surface area contributed by atoms with Crippen LogP contribution in [0.4, 0.5) is 13.2 Å². The van der Waals surface area contributed by atoms with E-state index in [1.165, 1.54) is 0 Å². The molecule has 0 aliphatic carbocycles. The molecule has 0 spiro atoms. The van der Waals surface area contributed by atoms with Gasteiger partial charge in [-0.1, -0.05) is 18.2 Å². The van der Waals surface area contributed by atoms with E-state index in [0.717, 1.165) is 27.6 Å². The summed E-state index contributed by atoms with van der Waals surface area (Å²) in [5.74, 6) is 1.15. The van der Waals surface area contributed by atoms with Gasteiger partial charge < -0.3 is 14.5 Å². The number of aryl methyl sites for hydroxylation is 1. The van der Waals surface area contributed by atoms with Crippen LogP contribution < -0.4 is 9.47 Å². The van der Waals surface area contributed by atoms with E-state index in [9.17, 15) is 13.2 Å². The van der Waals surface area contributed by atoms with Crippen molar-refractivity contribution in [3.63, 3.8) is 0 Å². The molecule has 0 bridgehead atoms. The van der Waals surface area contributed by atoms with Crippen molar-refractivity contribution in [2.75, 3.05) is 27.3 Å². The largest absolute Gasteiger partial charge is 0.493 e. The lowest BCUT2D eigenvalue weighted by Gasteiger charge is -2.38. The monoisotopic (exact) mass is 418 g/mol. The number of methoxy groups -OCH3 is 2. The number of nitrogens with one attached hydrogen (secondary N) is 1. The molecule has 7 heteroatoms. The van der Waals surface area contributed by atoms with E-state index in [-0.39, 0.29) is 6.04 Å². The van der Waals surface area contributed by atoms with Crippen LogP contribution in [0.1, 0.15) is 29.2 Å². The van der Waals surface area contributed by atoms with E-state index in [1.54, 1.807) is 19.1 Å². The molecule has 1 N–H and O–H groups in total. The Morgan fingerprint density at radius 1 is 1.10 bits per heavy atom. The number of ether oxygens (including phenoxy) is 2. The molecular weight excluding hydrogens is 393 g/mol. The number of nitrogens with zero attached hydrogens (tertiary/aromatic N) is 1. The van der Waals surface area contributed by atoms with Crippen molar-refractivity contribution in [2.24, 2.45) is 0 Å². The third-order valence-corrected chi connectivity index (χ3v) is 5.86. The van der Waals surface area contributed by atoms with Gasteiger partial charge in [0.2, 0.25) is 0 Å². The zero-order valence-electron chi connectivity index (χ0n) is 17.1. The lowest BCUT2D eigenvalue weighted by Crippen LogP contribution is -2.41. The molecule has 160 valence electrons. The number of fused-ring (bicyclic) bond motifs is 2. The minimum Gasteiger partial charge on any atom is -0.493 e. The van der Waals surface area contributed by atoms with E-state index >= 15 is 0 Å². The number of hydrogen-bond donors (Lipinski definition) is 1. The number of hydrogen-bond acceptors (Lipinski definition) is 3. The number of halogens is 3. The van der Waals surface area contributed by atoms with Crippen molar-refractivity contribution in [1.82, 2.24) is 9.88 Å². The molecule has 3 aromatic rings. The summed E-state index contributed by atoms with van der Waals surface area (Å²) < 4.78 is 50.7. The first-order valence-electron chi connectivity index (χ1n) is 10.00. The van der Waals surface area contributed by atoms with E-state index in [2.05, 4.69) is 4.98 Å². The Hall–Kier alpha value is -2.67. The molecule has 2 aromatic carbocycles. The molecular formula is C23H25F3N2O2. The van der Waals surface area contributed by atoms with E-state index in [4.69, 9.17) is 9.47 Å². The van der Waals surface area contributed by atoms with Gasteiger partial charge >= 0.3 is 6.18 Å². The Morgan fingerprint density at radius 3 is 2.57 bits per heavy atom. The van der Waals surface area contributed by atoms with Crippen LogP contribution in [0.25, 0.3) is 10.9 Å². The predicted molar refractivity (Wildman–Crippen MR) is 110 cm³/mol. The minimum absolute atomic E-state index is 0.344. The summed E-state index contributed by atoms with van der Waals surface area (Å²) >= 11 is 0. The lowest BCUT2D eigenvalue weighted by molar-refractivity contribution is -0.152. The highest BCUT2D eigenvalue weighted by Crippen LogP contribution is 2.41. The maximum absolute atomic E-state index is 13.3. The molecule has 0 saturated carbocycles. The summed E-state index contributed by atoms with van der Waals surface area (Å²) in [5, 5.41) is 1.11. The van der Waals surface area contributed by atoms with Gasteiger partial charge in [-0.25, -0.2) is 0 Å². The zero-order valence-corrected chi connectivity index (χ0v) is 17.1. The topological polar surface area (TPSA) is 37.5 Å². The summed E-state index contributed by atoms with van der Waals surface area (Å²) in [6.07, 6.45) is -0.475. The minimum atomic E-state index is -4.24. The first-order chi connectivity index (χ1) is 14.4. The highest BCUT2D eigenvalue weighted by molar-refractivity contribution is 5.83. The van der Waals surface area contributed by atoms with Crippen LogP contribution in [0, 0.1) is 0 Å². The molecule has 30 heavy (non-hydrogen) atoms. The van der Waals surface area contributed by atoms with Crippen molar-refractivity contribution < 1.29 is 22.6 Å². The summed E-state index contributed by atoms with van der Waals surface area (Å²) in [4.78, 5) is 4.79. The van der Waals surface area contributed by atoms with Crippen LogP contribution >= 0.6 is 0 Å². The lowest BCUT2D eigenvalue weighted by atomic mass is 9.88. The molecule has 0 amide bonds. The van der Waals surface area contributed by atoms with Gasteiger partial charge in [0.15, 0.2) is 11.5 Å². The van der Waals surface area contributed by atoms with Crippen LogP contribution in [0.15, 0.2) is 42.6 Å². The van der Waals surface area contributed by atoms with Crippen LogP contribution in [0.3, 0.4) is 0 Å². The van der Waals surface area contributed by atoms with Crippen LogP contribution in [-0.2, 0) is 12.8 Å². The molecule has 0 saturated heterocycles. The van der Waals surface area contributed by atoms with Crippen molar-refractivity contribution in [3.05, 3.63) is 59.3 Å². The molecule has 1 aliphatic heterocycles. The molecule has 1 aliphatic rings. The molecule has 1 atom stereocenters. The SMILES string of the molecule is COc1cc2c(cc1OC)C(CCc1c[nH]c3ccccc13)N(CC(F)(F)F)CC2. The van der Waals surface area contributed by atoms with Crippen LogP contribution in [0.2, 0.25) is 0 Å². The molecule has 1 aromatic heterocycles. The fraction of sp³-hybridized carbons (Fsp3) is 0.391. The van der Waals surface area contributed by atoms with Crippen molar-refractivity contribution in [2.45, 2.75) is 31.5 Å². The summed E-state index contributed by atoms with van der Waals surface area (Å²) in [5.41, 5.74) is 4.07. The van der Waals surface area contributed by atoms with Gasteiger partial charge in [-0.05, 0) is 54.2 Å². The second-order valence-electron chi connectivity index (χ2n) is 7.66. The fourth-order valence-electron chi connectivity index (χ4n) is 4.47. The Morgan fingerprint density at radius 2 is 1.83 bits per heavy atom. The van der Waals surface area contributed by atoms with Gasteiger partial charge in [0, 0.05) is 29.7 Å². The molecule has 4 rings (SSSR count). The Balaban J connectivity index is 1.67. The van der Waals surface area contributed by atoms with E-state index in [1.807, 2.05) is 42.6 Å². The normalized spacial score (nSPS) is 17.2. The number of aromatic amines is 1. The van der Waals surface area contributed by atoms with E-state index < -0.39 is 12.7 Å².